The molecule has 1 aromatic heterocycles. The smallest absolute Gasteiger partial charge is 0.258 e. The fraction of sp³-hybridized carbons (Fsp3) is 0.143. The van der Waals surface area contributed by atoms with Crippen molar-refractivity contribution >= 4 is 29.1 Å². The number of rotatable bonds is 7. The number of nitrogens with one attached hydrogen (secondary N) is 2. The fourth-order valence-electron chi connectivity index (χ4n) is 2.51. The van der Waals surface area contributed by atoms with Crippen LogP contribution >= 0.6 is 11.6 Å². The first-order chi connectivity index (χ1) is 13.5. The minimum atomic E-state index is -0.304. The van der Waals surface area contributed by atoms with Crippen LogP contribution in [0.1, 0.15) is 12.7 Å². The van der Waals surface area contributed by atoms with E-state index in [1.54, 1.807) is 42.5 Å². The lowest BCUT2D eigenvalue weighted by Crippen LogP contribution is -2.28. The van der Waals surface area contributed by atoms with Gasteiger partial charge in [-0.3, -0.25) is 9.59 Å². The second-order valence-corrected chi connectivity index (χ2v) is 6.45. The third-order valence-electron chi connectivity index (χ3n) is 3.81. The van der Waals surface area contributed by atoms with Gasteiger partial charge < -0.3 is 19.8 Å². The normalized spacial score (nSPS) is 10.4. The summed E-state index contributed by atoms with van der Waals surface area (Å²) >= 11 is 5.89. The highest BCUT2D eigenvalue weighted by molar-refractivity contribution is 6.30. The van der Waals surface area contributed by atoms with Crippen LogP contribution in [-0.2, 0) is 16.1 Å². The van der Waals surface area contributed by atoms with Gasteiger partial charge in [0.15, 0.2) is 6.61 Å². The molecule has 0 bridgehead atoms. The monoisotopic (exact) mass is 398 g/mol. The molecule has 0 radical (unpaired) electrons. The predicted molar refractivity (Wildman–Crippen MR) is 107 cm³/mol. The van der Waals surface area contributed by atoms with Crippen LogP contribution in [0, 0.1) is 0 Å². The van der Waals surface area contributed by atoms with Crippen LogP contribution in [0.2, 0.25) is 5.02 Å². The van der Waals surface area contributed by atoms with Crippen molar-refractivity contribution in [1.29, 1.82) is 0 Å². The van der Waals surface area contributed by atoms with Crippen molar-refractivity contribution < 1.29 is 18.7 Å². The Kier molecular flexibility index (Phi) is 6.34. The van der Waals surface area contributed by atoms with Crippen molar-refractivity contribution in [2.75, 3.05) is 11.9 Å². The first-order valence-electron chi connectivity index (χ1n) is 8.62. The maximum Gasteiger partial charge on any atom is 0.258 e. The van der Waals surface area contributed by atoms with Crippen molar-refractivity contribution in [1.82, 2.24) is 5.32 Å². The third-order valence-corrected chi connectivity index (χ3v) is 4.06. The molecule has 0 atom stereocenters. The molecule has 1 heterocycles. The Morgan fingerprint density at radius 1 is 1.04 bits per heavy atom. The molecule has 6 nitrogen and oxygen atoms in total. The molecule has 3 rings (SSSR count). The molecule has 0 saturated carbocycles. The zero-order valence-corrected chi connectivity index (χ0v) is 16.0. The highest BCUT2D eigenvalue weighted by atomic mass is 35.5. The summed E-state index contributed by atoms with van der Waals surface area (Å²) in [7, 11) is 0. The summed E-state index contributed by atoms with van der Waals surface area (Å²) in [6.45, 7) is 1.47. The van der Waals surface area contributed by atoms with Gasteiger partial charge in [-0.1, -0.05) is 23.7 Å². The van der Waals surface area contributed by atoms with E-state index in [0.717, 1.165) is 5.56 Å². The standard InChI is InChI=1S/C21H19ClN2O4/c1-14(25)24-18-4-2-3-5-20(18)27-13-21(26)23-12-17-10-11-19(28-17)15-6-8-16(22)9-7-15/h2-11H,12-13H2,1H3,(H,23,26)(H,24,25). The van der Waals surface area contributed by atoms with Gasteiger partial charge in [-0.25, -0.2) is 0 Å². The minimum absolute atomic E-state index is 0.179. The van der Waals surface area contributed by atoms with Crippen LogP contribution in [0.3, 0.4) is 0 Å². The van der Waals surface area contributed by atoms with E-state index in [4.69, 9.17) is 20.8 Å². The Balaban J connectivity index is 1.51. The average Bonchev–Trinajstić information content (AvgIpc) is 3.15. The Bertz CT molecular complexity index is 967. The van der Waals surface area contributed by atoms with E-state index in [0.29, 0.717) is 28.0 Å². The second-order valence-electron chi connectivity index (χ2n) is 6.02. The maximum absolute atomic E-state index is 12.1. The molecule has 144 valence electrons. The first kappa shape index (κ1) is 19.5. The van der Waals surface area contributed by atoms with E-state index < -0.39 is 0 Å². The van der Waals surface area contributed by atoms with E-state index in [2.05, 4.69) is 10.6 Å². The lowest BCUT2D eigenvalue weighted by Gasteiger charge is -2.11. The molecule has 2 amide bonds. The van der Waals surface area contributed by atoms with Crippen molar-refractivity contribution in [3.05, 3.63) is 71.4 Å². The number of para-hydroxylation sites is 2. The number of hydrogen-bond acceptors (Lipinski definition) is 4. The molecule has 2 aromatic carbocycles. The number of halogens is 1. The van der Waals surface area contributed by atoms with E-state index in [9.17, 15) is 9.59 Å². The lowest BCUT2D eigenvalue weighted by molar-refractivity contribution is -0.123. The SMILES string of the molecule is CC(=O)Nc1ccccc1OCC(=O)NCc1ccc(-c2ccc(Cl)cc2)o1. The molecule has 0 unspecified atom stereocenters. The molecule has 28 heavy (non-hydrogen) atoms. The van der Waals surface area contributed by atoms with Gasteiger partial charge in [0.25, 0.3) is 5.91 Å². The van der Waals surface area contributed by atoms with Gasteiger partial charge in [-0.2, -0.15) is 0 Å². The molecule has 0 aliphatic heterocycles. The molecule has 2 N–H and O–H groups in total. The minimum Gasteiger partial charge on any atom is -0.482 e. The number of furan rings is 1. The molecule has 0 aliphatic rings. The molecule has 3 aromatic rings. The third kappa shape index (κ3) is 5.37. The number of hydrogen-bond donors (Lipinski definition) is 2. The van der Waals surface area contributed by atoms with Crippen LogP contribution in [-0.4, -0.2) is 18.4 Å². The van der Waals surface area contributed by atoms with E-state index in [1.807, 2.05) is 18.2 Å². The van der Waals surface area contributed by atoms with Crippen molar-refractivity contribution in [3.8, 4) is 17.1 Å². The van der Waals surface area contributed by atoms with Crippen molar-refractivity contribution in [2.45, 2.75) is 13.5 Å². The zero-order chi connectivity index (χ0) is 19.9. The molecular weight excluding hydrogens is 380 g/mol. The fourth-order valence-corrected chi connectivity index (χ4v) is 2.63. The summed E-state index contributed by atoms with van der Waals surface area (Å²) in [5.74, 6) is 1.23. The molecule has 0 saturated heterocycles. The summed E-state index contributed by atoms with van der Waals surface area (Å²) in [6.07, 6.45) is 0. The summed E-state index contributed by atoms with van der Waals surface area (Å²) in [5.41, 5.74) is 1.42. The topological polar surface area (TPSA) is 80.6 Å². The van der Waals surface area contributed by atoms with Crippen LogP contribution in [0.4, 0.5) is 5.69 Å². The van der Waals surface area contributed by atoms with Crippen LogP contribution in [0.5, 0.6) is 5.75 Å². The van der Waals surface area contributed by atoms with Gasteiger partial charge >= 0.3 is 0 Å². The van der Waals surface area contributed by atoms with Gasteiger partial charge in [0, 0.05) is 17.5 Å². The van der Waals surface area contributed by atoms with Crippen LogP contribution in [0.15, 0.2) is 65.1 Å². The Labute approximate surface area is 167 Å². The van der Waals surface area contributed by atoms with Gasteiger partial charge in [-0.15, -0.1) is 0 Å². The van der Waals surface area contributed by atoms with Gasteiger partial charge in [0.2, 0.25) is 5.91 Å². The zero-order valence-electron chi connectivity index (χ0n) is 15.2. The first-order valence-corrected chi connectivity index (χ1v) is 9.00. The Morgan fingerprint density at radius 3 is 2.54 bits per heavy atom. The number of ether oxygens (including phenoxy) is 1. The Hall–Kier alpha value is -3.25. The second kappa shape index (κ2) is 9.10. The van der Waals surface area contributed by atoms with Crippen molar-refractivity contribution in [3.63, 3.8) is 0 Å². The molecule has 0 aliphatic carbocycles. The van der Waals surface area contributed by atoms with E-state index >= 15 is 0 Å². The molecule has 0 fully saturated rings. The lowest BCUT2D eigenvalue weighted by atomic mass is 10.2. The van der Waals surface area contributed by atoms with E-state index in [1.165, 1.54) is 6.92 Å². The number of benzene rings is 2. The quantitative estimate of drug-likeness (QED) is 0.623. The number of carbonyl (C=O) groups excluding carboxylic acids is 2. The van der Waals surface area contributed by atoms with Crippen molar-refractivity contribution in [2.24, 2.45) is 0 Å². The number of anilines is 1. The highest BCUT2D eigenvalue weighted by Gasteiger charge is 2.09. The predicted octanol–water partition coefficient (Wildman–Crippen LogP) is 4.25. The molecule has 0 spiro atoms. The maximum atomic E-state index is 12.1. The van der Waals surface area contributed by atoms with Crippen LogP contribution in [0.25, 0.3) is 11.3 Å². The summed E-state index contributed by atoms with van der Waals surface area (Å²) in [6, 6.07) is 17.9. The average molecular weight is 399 g/mol. The summed E-state index contributed by atoms with van der Waals surface area (Å²) in [4.78, 5) is 23.3. The summed E-state index contributed by atoms with van der Waals surface area (Å²) in [5, 5.41) is 6.05. The number of carbonyl (C=O) groups is 2. The largest absolute Gasteiger partial charge is 0.482 e. The van der Waals surface area contributed by atoms with Gasteiger partial charge in [0.05, 0.1) is 12.2 Å². The van der Waals surface area contributed by atoms with Gasteiger partial charge in [-0.05, 0) is 48.5 Å². The molecular formula is C21H19ClN2O4. The number of amides is 2. The van der Waals surface area contributed by atoms with E-state index in [-0.39, 0.29) is 25.0 Å². The highest BCUT2D eigenvalue weighted by Crippen LogP contribution is 2.24. The van der Waals surface area contributed by atoms with Crippen LogP contribution < -0.4 is 15.4 Å². The molecule has 7 heteroatoms. The Morgan fingerprint density at radius 2 is 1.79 bits per heavy atom. The van der Waals surface area contributed by atoms with Gasteiger partial charge in [0.1, 0.15) is 17.3 Å². The summed E-state index contributed by atoms with van der Waals surface area (Å²) < 4.78 is 11.2.